The van der Waals surface area contributed by atoms with E-state index in [-0.39, 0.29) is 17.5 Å². The molecule has 27 heavy (non-hydrogen) atoms. The molecule has 2 aromatic heterocycles. The number of nitrogens with one attached hydrogen (secondary N) is 2. The van der Waals surface area contributed by atoms with Crippen molar-refractivity contribution in [2.24, 2.45) is 5.92 Å². The molecule has 0 aromatic carbocycles. The van der Waals surface area contributed by atoms with Crippen molar-refractivity contribution in [2.75, 3.05) is 5.75 Å². The summed E-state index contributed by atoms with van der Waals surface area (Å²) < 4.78 is 0. The molecule has 2 heterocycles. The highest BCUT2D eigenvalue weighted by Gasteiger charge is 2.17. The maximum atomic E-state index is 12.6. The molecule has 2 rings (SSSR count). The summed E-state index contributed by atoms with van der Waals surface area (Å²) in [6, 6.07) is 0.204. The number of amides is 1. The fourth-order valence-corrected chi connectivity index (χ4v) is 4.86. The van der Waals surface area contributed by atoms with Crippen LogP contribution in [0.3, 0.4) is 0 Å². The van der Waals surface area contributed by atoms with E-state index in [0.29, 0.717) is 23.2 Å². The Morgan fingerprint density at radius 1 is 1.33 bits per heavy atom. The van der Waals surface area contributed by atoms with Crippen molar-refractivity contribution in [1.29, 1.82) is 0 Å². The molecule has 5 nitrogen and oxygen atoms in total. The lowest BCUT2D eigenvalue weighted by molar-refractivity contribution is -0.119. The van der Waals surface area contributed by atoms with E-state index in [1.54, 1.807) is 11.3 Å². The van der Waals surface area contributed by atoms with Crippen LogP contribution in [0.1, 0.15) is 63.2 Å². The van der Waals surface area contributed by atoms with E-state index >= 15 is 0 Å². The highest BCUT2D eigenvalue weighted by molar-refractivity contribution is 7.99. The van der Waals surface area contributed by atoms with Crippen molar-refractivity contribution < 1.29 is 4.79 Å². The van der Waals surface area contributed by atoms with Crippen molar-refractivity contribution in [2.45, 2.75) is 72.1 Å². The van der Waals surface area contributed by atoms with Gasteiger partial charge in [-0.25, -0.2) is 4.98 Å². The maximum absolute atomic E-state index is 12.6. The number of fused-ring (bicyclic) bond motifs is 1. The van der Waals surface area contributed by atoms with E-state index in [0.717, 1.165) is 41.5 Å². The number of H-pyrrole nitrogens is 1. The summed E-state index contributed by atoms with van der Waals surface area (Å²) in [6.07, 6.45) is 4.05. The van der Waals surface area contributed by atoms with Gasteiger partial charge in [0, 0.05) is 10.9 Å². The van der Waals surface area contributed by atoms with Gasteiger partial charge in [0.2, 0.25) is 5.91 Å². The van der Waals surface area contributed by atoms with Crippen molar-refractivity contribution >= 4 is 39.2 Å². The van der Waals surface area contributed by atoms with E-state index in [1.807, 2.05) is 6.92 Å². The zero-order valence-corrected chi connectivity index (χ0v) is 18.6. The van der Waals surface area contributed by atoms with Gasteiger partial charge < -0.3 is 10.3 Å². The number of aromatic amines is 1. The number of carbonyl (C=O) groups excluding carboxylic acids is 1. The van der Waals surface area contributed by atoms with E-state index < -0.39 is 0 Å². The number of thiophene rings is 1. The lowest BCUT2D eigenvalue weighted by Gasteiger charge is -2.12. The summed E-state index contributed by atoms with van der Waals surface area (Å²) in [5, 5.41) is 3.74. The Labute approximate surface area is 169 Å². The van der Waals surface area contributed by atoms with Gasteiger partial charge in [0.05, 0.1) is 16.9 Å². The molecule has 0 saturated heterocycles. The molecule has 0 fully saturated rings. The molecule has 150 valence electrons. The number of thioether (sulfide) groups is 1. The molecule has 0 aliphatic rings. The lowest BCUT2D eigenvalue weighted by Crippen LogP contribution is -2.33. The summed E-state index contributed by atoms with van der Waals surface area (Å²) in [5.74, 6) is 2.12. The standard InChI is InChI=1S/C20H31N3O2S2/c1-6-8-13(4)21-17(24)11-26-10-16-22-19(25)18-15(9-12(3)7-2)14(5)27-20(18)23-16/h12-13H,6-11H2,1-5H3,(H,21,24)(H,22,23,25)/t12-,13+/m1/s1. The van der Waals surface area contributed by atoms with Gasteiger partial charge in [-0.05, 0) is 38.2 Å². The first-order valence-corrected chi connectivity index (χ1v) is 11.7. The SMILES string of the molecule is CCC[C@H](C)NC(=O)CSCc1nc2sc(C)c(C[C@H](C)CC)c2c(=O)[nH]1. The Kier molecular flexibility index (Phi) is 8.35. The zero-order chi connectivity index (χ0) is 20.0. The average Bonchev–Trinajstić information content (AvgIpc) is 2.90. The van der Waals surface area contributed by atoms with Crippen LogP contribution in [0.25, 0.3) is 10.2 Å². The van der Waals surface area contributed by atoms with Crippen LogP contribution < -0.4 is 10.9 Å². The molecule has 2 N–H and O–H groups in total. The first-order valence-electron chi connectivity index (χ1n) is 9.73. The minimum atomic E-state index is -0.0562. The Hall–Kier alpha value is -1.34. The molecule has 2 atom stereocenters. The monoisotopic (exact) mass is 409 g/mol. The van der Waals surface area contributed by atoms with Gasteiger partial charge in [0.15, 0.2) is 0 Å². The molecule has 0 bridgehead atoms. The van der Waals surface area contributed by atoms with Crippen LogP contribution in [0.2, 0.25) is 0 Å². The molecule has 0 unspecified atom stereocenters. The van der Waals surface area contributed by atoms with Crippen LogP contribution in [0.5, 0.6) is 0 Å². The second kappa shape index (κ2) is 10.3. The third kappa shape index (κ3) is 6.07. The minimum Gasteiger partial charge on any atom is -0.353 e. The quantitative estimate of drug-likeness (QED) is 0.609. The first kappa shape index (κ1) is 22.0. The topological polar surface area (TPSA) is 74.8 Å². The molecular formula is C20H31N3O2S2. The van der Waals surface area contributed by atoms with E-state index in [4.69, 9.17) is 0 Å². The smallest absolute Gasteiger partial charge is 0.259 e. The van der Waals surface area contributed by atoms with Crippen LogP contribution in [-0.4, -0.2) is 27.7 Å². The van der Waals surface area contributed by atoms with E-state index in [1.165, 1.54) is 16.6 Å². The van der Waals surface area contributed by atoms with Crippen LogP contribution in [0.15, 0.2) is 4.79 Å². The number of aromatic nitrogens is 2. The van der Waals surface area contributed by atoms with Gasteiger partial charge in [-0.3, -0.25) is 9.59 Å². The molecule has 1 amide bonds. The molecule has 7 heteroatoms. The fraction of sp³-hybridized carbons (Fsp3) is 0.650. The first-order chi connectivity index (χ1) is 12.8. The Bertz CT molecular complexity index is 828. The molecule has 0 spiro atoms. The van der Waals surface area contributed by atoms with E-state index in [2.05, 4.69) is 43.0 Å². The van der Waals surface area contributed by atoms with Gasteiger partial charge in [0.25, 0.3) is 5.56 Å². The predicted molar refractivity (Wildman–Crippen MR) is 117 cm³/mol. The van der Waals surface area contributed by atoms with Gasteiger partial charge >= 0.3 is 0 Å². The molecule has 0 aliphatic heterocycles. The summed E-state index contributed by atoms with van der Waals surface area (Å²) in [7, 11) is 0. The lowest BCUT2D eigenvalue weighted by atomic mass is 9.98. The fourth-order valence-electron chi connectivity index (χ4n) is 3.09. The van der Waals surface area contributed by atoms with Crippen molar-refractivity contribution in [3.05, 3.63) is 26.6 Å². The van der Waals surface area contributed by atoms with Gasteiger partial charge in [-0.1, -0.05) is 33.6 Å². The molecule has 2 aromatic rings. The molecule has 0 radical (unpaired) electrons. The minimum absolute atomic E-state index is 0.0344. The Morgan fingerprint density at radius 3 is 2.74 bits per heavy atom. The van der Waals surface area contributed by atoms with Crippen LogP contribution in [-0.2, 0) is 17.0 Å². The second-order valence-electron chi connectivity index (χ2n) is 7.30. The Balaban J connectivity index is 2.04. The van der Waals surface area contributed by atoms with Crippen LogP contribution in [0, 0.1) is 12.8 Å². The Morgan fingerprint density at radius 2 is 2.07 bits per heavy atom. The molecule has 0 saturated carbocycles. The maximum Gasteiger partial charge on any atom is 0.259 e. The van der Waals surface area contributed by atoms with Crippen molar-refractivity contribution in [3.8, 4) is 0 Å². The summed E-state index contributed by atoms with van der Waals surface area (Å²) in [5.41, 5.74) is 1.08. The normalized spacial score (nSPS) is 13.7. The highest BCUT2D eigenvalue weighted by Crippen LogP contribution is 2.29. The van der Waals surface area contributed by atoms with Crippen LogP contribution in [0.4, 0.5) is 0 Å². The predicted octanol–water partition coefficient (Wildman–Crippen LogP) is 4.42. The van der Waals surface area contributed by atoms with E-state index in [9.17, 15) is 9.59 Å². The second-order valence-corrected chi connectivity index (χ2v) is 9.49. The van der Waals surface area contributed by atoms with Crippen molar-refractivity contribution in [1.82, 2.24) is 15.3 Å². The summed E-state index contributed by atoms with van der Waals surface area (Å²) in [6.45, 7) is 10.6. The number of hydrogen-bond acceptors (Lipinski definition) is 5. The van der Waals surface area contributed by atoms with Gasteiger partial charge in [-0.15, -0.1) is 23.1 Å². The summed E-state index contributed by atoms with van der Waals surface area (Å²) in [4.78, 5) is 34.2. The molecular weight excluding hydrogens is 378 g/mol. The third-order valence-corrected chi connectivity index (χ3v) is 6.75. The average molecular weight is 410 g/mol. The number of carbonyl (C=O) groups is 1. The number of hydrogen-bond donors (Lipinski definition) is 2. The van der Waals surface area contributed by atoms with Crippen molar-refractivity contribution in [3.63, 3.8) is 0 Å². The summed E-state index contributed by atoms with van der Waals surface area (Å²) >= 11 is 3.07. The molecule has 0 aliphatic carbocycles. The van der Waals surface area contributed by atoms with Gasteiger partial charge in [-0.2, -0.15) is 0 Å². The number of nitrogens with zero attached hydrogens (tertiary/aromatic N) is 1. The van der Waals surface area contributed by atoms with Crippen LogP contribution >= 0.6 is 23.1 Å². The third-order valence-electron chi connectivity index (χ3n) is 4.76. The van der Waals surface area contributed by atoms with Gasteiger partial charge in [0.1, 0.15) is 10.7 Å². The largest absolute Gasteiger partial charge is 0.353 e. The number of aryl methyl sites for hydroxylation is 1. The highest BCUT2D eigenvalue weighted by atomic mass is 32.2. The zero-order valence-electron chi connectivity index (χ0n) is 17.0. The number of rotatable bonds is 10.